The third-order valence-electron chi connectivity index (χ3n) is 5.48. The van der Waals surface area contributed by atoms with E-state index in [1.807, 2.05) is 24.3 Å². The molecular formula is C19H23N5O3S. The number of amides is 1. The van der Waals surface area contributed by atoms with E-state index in [1.54, 1.807) is 4.90 Å². The topological polar surface area (TPSA) is 71.0 Å². The van der Waals surface area contributed by atoms with Crippen LogP contribution in [-0.4, -0.2) is 71.5 Å². The molecule has 8 nitrogen and oxygen atoms in total. The Morgan fingerprint density at radius 1 is 1.04 bits per heavy atom. The first-order valence-corrected chi connectivity index (χ1v) is 10.5. The number of carbonyl (C=O) groups is 1. The van der Waals surface area contributed by atoms with Crippen LogP contribution in [0.4, 0.5) is 11.6 Å². The Kier molecular flexibility index (Phi) is 4.77. The van der Waals surface area contributed by atoms with Crippen molar-refractivity contribution in [2.45, 2.75) is 18.9 Å². The molecular weight excluding hydrogens is 378 g/mol. The number of benzene rings is 1. The number of piperazine rings is 1. The summed E-state index contributed by atoms with van der Waals surface area (Å²) >= 11 is 1.19. The molecule has 2 aromatic rings. The zero-order valence-corrected chi connectivity index (χ0v) is 16.4. The van der Waals surface area contributed by atoms with Gasteiger partial charge in [0.1, 0.15) is 12.7 Å². The Bertz CT molecular complexity index is 852. The van der Waals surface area contributed by atoms with E-state index in [1.165, 1.54) is 11.7 Å². The number of aromatic nitrogens is 2. The molecule has 1 aromatic heterocycles. The molecule has 5 rings (SSSR count). The summed E-state index contributed by atoms with van der Waals surface area (Å²) in [6.07, 6.45) is 1.55. The van der Waals surface area contributed by atoms with Crippen LogP contribution in [0.25, 0.3) is 0 Å². The van der Waals surface area contributed by atoms with Crippen molar-refractivity contribution >= 4 is 29.3 Å². The summed E-state index contributed by atoms with van der Waals surface area (Å²) in [5.74, 6) is 3.39. The Morgan fingerprint density at radius 2 is 1.82 bits per heavy atom. The summed E-state index contributed by atoms with van der Waals surface area (Å²) in [6, 6.07) is 7.82. The average Bonchev–Trinajstić information content (AvgIpc) is 3.37. The summed E-state index contributed by atoms with van der Waals surface area (Å²) in [4.78, 5) is 18.5. The van der Waals surface area contributed by atoms with Crippen LogP contribution in [0.2, 0.25) is 0 Å². The zero-order valence-electron chi connectivity index (χ0n) is 15.6. The van der Waals surface area contributed by atoms with Gasteiger partial charge in [-0.05, 0) is 18.6 Å². The van der Waals surface area contributed by atoms with E-state index in [9.17, 15) is 4.79 Å². The lowest BCUT2D eigenvalue weighted by Crippen LogP contribution is -2.51. The molecule has 2 saturated heterocycles. The van der Waals surface area contributed by atoms with Gasteiger partial charge in [-0.2, -0.15) is 8.75 Å². The average molecular weight is 401 g/mol. The fraction of sp³-hybridized carbons (Fsp3) is 0.526. The highest BCUT2D eigenvalue weighted by molar-refractivity contribution is 6.99. The van der Waals surface area contributed by atoms with Gasteiger partial charge >= 0.3 is 0 Å². The van der Waals surface area contributed by atoms with Crippen molar-refractivity contribution < 1.29 is 14.3 Å². The molecule has 0 spiro atoms. The van der Waals surface area contributed by atoms with Gasteiger partial charge in [0.05, 0.1) is 11.7 Å². The van der Waals surface area contributed by atoms with Crippen LogP contribution < -0.4 is 19.3 Å². The van der Waals surface area contributed by atoms with Crippen LogP contribution in [-0.2, 0) is 4.79 Å². The fourth-order valence-corrected chi connectivity index (χ4v) is 4.58. The van der Waals surface area contributed by atoms with Gasteiger partial charge in [0.2, 0.25) is 5.91 Å². The van der Waals surface area contributed by atoms with Crippen LogP contribution >= 0.6 is 11.7 Å². The van der Waals surface area contributed by atoms with E-state index in [2.05, 4.69) is 18.5 Å². The number of rotatable bonds is 4. The van der Waals surface area contributed by atoms with Crippen molar-refractivity contribution in [2.75, 3.05) is 55.7 Å². The standard InChI is InChI=1S/C19H23N5O3S/c25-17-6-3-7-24(17)19-18(20-28-21-19)23-10-8-22(9-11-23)12-14-13-26-15-4-1-2-5-16(15)27-14/h1-2,4-5,14H,3,6-13H2/t14-/m0/s1. The quantitative estimate of drug-likeness (QED) is 0.771. The van der Waals surface area contributed by atoms with Crippen LogP contribution in [0.1, 0.15) is 12.8 Å². The second-order valence-electron chi connectivity index (χ2n) is 7.35. The lowest BCUT2D eigenvalue weighted by Gasteiger charge is -2.37. The maximum absolute atomic E-state index is 12.1. The maximum atomic E-state index is 12.1. The third-order valence-corrected chi connectivity index (χ3v) is 5.99. The van der Waals surface area contributed by atoms with E-state index >= 15 is 0 Å². The maximum Gasteiger partial charge on any atom is 0.228 e. The van der Waals surface area contributed by atoms with Crippen molar-refractivity contribution in [2.24, 2.45) is 0 Å². The number of para-hydroxylation sites is 2. The smallest absolute Gasteiger partial charge is 0.228 e. The number of hydrogen-bond acceptors (Lipinski definition) is 8. The van der Waals surface area contributed by atoms with Crippen LogP contribution in [0.5, 0.6) is 11.5 Å². The number of anilines is 2. The van der Waals surface area contributed by atoms with Gasteiger partial charge in [-0.3, -0.25) is 14.6 Å². The molecule has 0 saturated carbocycles. The van der Waals surface area contributed by atoms with Gasteiger partial charge in [0.15, 0.2) is 23.1 Å². The first kappa shape index (κ1) is 17.7. The number of hydrogen-bond donors (Lipinski definition) is 0. The minimum atomic E-state index is 0.0418. The molecule has 2 fully saturated rings. The molecule has 1 amide bonds. The third kappa shape index (κ3) is 3.40. The molecule has 1 atom stereocenters. The van der Waals surface area contributed by atoms with Gasteiger partial charge in [-0.15, -0.1) is 0 Å². The molecule has 0 N–H and O–H groups in total. The van der Waals surface area contributed by atoms with E-state index in [0.717, 1.165) is 68.8 Å². The molecule has 3 aliphatic rings. The summed E-state index contributed by atoms with van der Waals surface area (Å²) in [7, 11) is 0. The van der Waals surface area contributed by atoms with E-state index < -0.39 is 0 Å². The number of carbonyl (C=O) groups excluding carboxylic acids is 1. The molecule has 4 heterocycles. The van der Waals surface area contributed by atoms with Crippen molar-refractivity contribution in [3.8, 4) is 11.5 Å². The highest BCUT2D eigenvalue weighted by Crippen LogP contribution is 2.32. The van der Waals surface area contributed by atoms with Crippen LogP contribution in [0.3, 0.4) is 0 Å². The minimum Gasteiger partial charge on any atom is -0.486 e. The summed E-state index contributed by atoms with van der Waals surface area (Å²) in [5.41, 5.74) is 0. The molecule has 1 aromatic carbocycles. The monoisotopic (exact) mass is 401 g/mol. The van der Waals surface area contributed by atoms with E-state index in [4.69, 9.17) is 9.47 Å². The second kappa shape index (κ2) is 7.56. The first-order chi connectivity index (χ1) is 13.8. The largest absolute Gasteiger partial charge is 0.486 e. The van der Waals surface area contributed by atoms with Crippen LogP contribution in [0, 0.1) is 0 Å². The van der Waals surface area contributed by atoms with Crippen molar-refractivity contribution in [1.82, 2.24) is 13.6 Å². The van der Waals surface area contributed by atoms with Crippen molar-refractivity contribution in [1.29, 1.82) is 0 Å². The zero-order chi connectivity index (χ0) is 18.9. The molecule has 0 unspecified atom stereocenters. The van der Waals surface area contributed by atoms with Gasteiger partial charge in [-0.25, -0.2) is 0 Å². The molecule has 148 valence electrons. The van der Waals surface area contributed by atoms with Gasteiger partial charge in [0.25, 0.3) is 0 Å². The van der Waals surface area contributed by atoms with Crippen molar-refractivity contribution in [3.63, 3.8) is 0 Å². The normalized spacial score (nSPS) is 22.7. The van der Waals surface area contributed by atoms with E-state index in [-0.39, 0.29) is 12.0 Å². The SMILES string of the molecule is O=C1CCCN1c1nsnc1N1CCN(C[C@H]2COc3ccccc3O2)CC1. The minimum absolute atomic E-state index is 0.0418. The predicted octanol–water partition coefficient (Wildman–Crippen LogP) is 1.63. The van der Waals surface area contributed by atoms with Gasteiger partial charge in [-0.1, -0.05) is 12.1 Å². The highest BCUT2D eigenvalue weighted by atomic mass is 32.1. The summed E-state index contributed by atoms with van der Waals surface area (Å²) < 4.78 is 20.8. The number of nitrogens with zero attached hydrogens (tertiary/aromatic N) is 5. The fourth-order valence-electron chi connectivity index (χ4n) is 4.00. The molecule has 0 bridgehead atoms. The Labute approximate surface area is 168 Å². The molecule has 28 heavy (non-hydrogen) atoms. The van der Waals surface area contributed by atoms with Crippen molar-refractivity contribution in [3.05, 3.63) is 24.3 Å². The Balaban J connectivity index is 1.18. The Morgan fingerprint density at radius 3 is 2.61 bits per heavy atom. The molecule has 0 aliphatic carbocycles. The number of fused-ring (bicyclic) bond motifs is 1. The summed E-state index contributed by atoms with van der Waals surface area (Å²) in [5, 5.41) is 0. The molecule has 0 radical (unpaired) electrons. The van der Waals surface area contributed by atoms with E-state index in [0.29, 0.717) is 13.0 Å². The van der Waals surface area contributed by atoms with Gasteiger partial charge in [0, 0.05) is 45.7 Å². The molecule has 9 heteroatoms. The lowest BCUT2D eigenvalue weighted by molar-refractivity contribution is -0.117. The highest BCUT2D eigenvalue weighted by Gasteiger charge is 2.31. The lowest BCUT2D eigenvalue weighted by atomic mass is 10.2. The Hall–Kier alpha value is -2.39. The number of ether oxygens (including phenoxy) is 2. The van der Waals surface area contributed by atoms with Crippen LogP contribution in [0.15, 0.2) is 24.3 Å². The van der Waals surface area contributed by atoms with Gasteiger partial charge < -0.3 is 14.4 Å². The first-order valence-electron chi connectivity index (χ1n) is 9.76. The summed E-state index contributed by atoms with van der Waals surface area (Å²) in [6.45, 7) is 5.75. The molecule has 3 aliphatic heterocycles. The second-order valence-corrected chi connectivity index (χ2v) is 7.87. The predicted molar refractivity (Wildman–Crippen MR) is 107 cm³/mol.